The molecule has 0 aliphatic carbocycles. The third-order valence-corrected chi connectivity index (χ3v) is 3.53. The van der Waals surface area contributed by atoms with Crippen LogP contribution in [0.5, 0.6) is 0 Å². The third-order valence-electron chi connectivity index (χ3n) is 2.64. The van der Waals surface area contributed by atoms with E-state index in [0.717, 1.165) is 6.42 Å². The molecule has 1 heterocycles. The molecule has 19 heavy (non-hydrogen) atoms. The van der Waals surface area contributed by atoms with Crippen LogP contribution in [0.1, 0.15) is 29.5 Å². The Balaban J connectivity index is 2.58. The molecular formula is C13H11BrClNO3. The molecule has 0 aliphatic rings. The zero-order valence-corrected chi connectivity index (χ0v) is 12.5. The predicted molar refractivity (Wildman–Crippen MR) is 75.6 cm³/mol. The first kappa shape index (κ1) is 14.1. The molecule has 1 aromatic carbocycles. The molecule has 1 aromatic heterocycles. The summed E-state index contributed by atoms with van der Waals surface area (Å²) in [5, 5.41) is 13.8. The SMILES string of the molecule is CCCc1onc(-c2ccc(Cl)cc2Br)c1C(=O)O. The zero-order valence-electron chi connectivity index (χ0n) is 10.1. The van der Waals surface area contributed by atoms with Gasteiger partial charge < -0.3 is 9.63 Å². The smallest absolute Gasteiger partial charge is 0.341 e. The highest BCUT2D eigenvalue weighted by Gasteiger charge is 2.24. The minimum Gasteiger partial charge on any atom is -0.477 e. The minimum absolute atomic E-state index is 0.116. The van der Waals surface area contributed by atoms with E-state index in [9.17, 15) is 9.90 Å². The number of benzene rings is 1. The number of carboxylic acid groups (broad SMARTS) is 1. The molecule has 0 saturated heterocycles. The van der Waals surface area contributed by atoms with Crippen LogP contribution in [-0.4, -0.2) is 16.2 Å². The Morgan fingerprint density at radius 1 is 1.53 bits per heavy atom. The van der Waals surface area contributed by atoms with Gasteiger partial charge in [-0.25, -0.2) is 4.79 Å². The van der Waals surface area contributed by atoms with Crippen molar-refractivity contribution in [3.63, 3.8) is 0 Å². The van der Waals surface area contributed by atoms with Gasteiger partial charge in [0.2, 0.25) is 0 Å². The molecule has 0 saturated carbocycles. The Hall–Kier alpha value is -1.33. The molecule has 0 radical (unpaired) electrons. The second kappa shape index (κ2) is 5.75. The molecule has 0 unspecified atom stereocenters. The highest BCUT2D eigenvalue weighted by Crippen LogP contribution is 2.33. The van der Waals surface area contributed by atoms with E-state index in [4.69, 9.17) is 16.1 Å². The van der Waals surface area contributed by atoms with Gasteiger partial charge in [-0.15, -0.1) is 0 Å². The third kappa shape index (κ3) is 2.82. The number of hydrogen-bond donors (Lipinski definition) is 1. The molecular weight excluding hydrogens is 334 g/mol. The Labute approximate surface area is 123 Å². The molecule has 1 N–H and O–H groups in total. The van der Waals surface area contributed by atoms with Crippen molar-refractivity contribution in [2.24, 2.45) is 0 Å². The summed E-state index contributed by atoms with van der Waals surface area (Å²) in [6, 6.07) is 5.09. The summed E-state index contributed by atoms with van der Waals surface area (Å²) >= 11 is 9.23. The average molecular weight is 345 g/mol. The maximum atomic E-state index is 11.4. The topological polar surface area (TPSA) is 63.3 Å². The number of rotatable bonds is 4. The number of aromatic carboxylic acids is 1. The molecule has 0 bridgehead atoms. The van der Waals surface area contributed by atoms with Crippen LogP contribution >= 0.6 is 27.5 Å². The number of aromatic nitrogens is 1. The van der Waals surface area contributed by atoms with Crippen molar-refractivity contribution >= 4 is 33.5 Å². The molecule has 0 fully saturated rings. The highest BCUT2D eigenvalue weighted by molar-refractivity contribution is 9.10. The van der Waals surface area contributed by atoms with E-state index in [0.29, 0.717) is 32.9 Å². The molecule has 6 heteroatoms. The molecule has 0 aliphatic heterocycles. The summed E-state index contributed by atoms with van der Waals surface area (Å²) in [5.41, 5.74) is 1.08. The summed E-state index contributed by atoms with van der Waals surface area (Å²) < 4.78 is 5.83. The van der Waals surface area contributed by atoms with Crippen molar-refractivity contribution in [3.8, 4) is 11.3 Å². The van der Waals surface area contributed by atoms with Gasteiger partial charge in [-0.2, -0.15) is 0 Å². The van der Waals surface area contributed by atoms with Gasteiger partial charge in [-0.05, 0) is 18.6 Å². The summed E-state index contributed by atoms with van der Waals surface area (Å²) in [7, 11) is 0. The summed E-state index contributed by atoms with van der Waals surface area (Å²) in [6.07, 6.45) is 1.33. The summed E-state index contributed by atoms with van der Waals surface area (Å²) in [6.45, 7) is 1.95. The van der Waals surface area contributed by atoms with Crippen molar-refractivity contribution in [1.82, 2.24) is 5.16 Å². The van der Waals surface area contributed by atoms with Gasteiger partial charge in [0.1, 0.15) is 11.3 Å². The molecule has 4 nitrogen and oxygen atoms in total. The van der Waals surface area contributed by atoms with Crippen molar-refractivity contribution < 1.29 is 14.4 Å². The van der Waals surface area contributed by atoms with Gasteiger partial charge >= 0.3 is 5.97 Å². The van der Waals surface area contributed by atoms with E-state index in [1.54, 1.807) is 18.2 Å². The lowest BCUT2D eigenvalue weighted by molar-refractivity contribution is 0.0695. The first-order valence-electron chi connectivity index (χ1n) is 5.71. The molecule has 0 spiro atoms. The Morgan fingerprint density at radius 2 is 2.26 bits per heavy atom. The first-order valence-corrected chi connectivity index (χ1v) is 6.89. The van der Waals surface area contributed by atoms with E-state index >= 15 is 0 Å². The second-order valence-electron chi connectivity index (χ2n) is 4.01. The lowest BCUT2D eigenvalue weighted by Crippen LogP contribution is -2.01. The fraction of sp³-hybridized carbons (Fsp3) is 0.231. The highest BCUT2D eigenvalue weighted by atomic mass is 79.9. The molecule has 0 atom stereocenters. The van der Waals surface area contributed by atoms with E-state index in [2.05, 4.69) is 21.1 Å². The molecule has 0 amide bonds. The Morgan fingerprint density at radius 3 is 2.84 bits per heavy atom. The van der Waals surface area contributed by atoms with Crippen molar-refractivity contribution in [2.45, 2.75) is 19.8 Å². The number of aryl methyl sites for hydroxylation is 1. The number of nitrogens with zero attached hydrogens (tertiary/aromatic N) is 1. The monoisotopic (exact) mass is 343 g/mol. The van der Waals surface area contributed by atoms with Crippen LogP contribution in [-0.2, 0) is 6.42 Å². The fourth-order valence-electron chi connectivity index (χ4n) is 1.81. The Kier molecular flexibility index (Phi) is 4.27. The standard InChI is InChI=1S/C13H11BrClNO3/c1-2-3-10-11(13(17)18)12(16-19-10)8-5-4-7(15)6-9(8)14/h4-6H,2-3H2,1H3,(H,17,18). The second-order valence-corrected chi connectivity index (χ2v) is 5.30. The van der Waals surface area contributed by atoms with Gasteiger partial charge in [0, 0.05) is 21.5 Å². The fourth-order valence-corrected chi connectivity index (χ4v) is 2.68. The molecule has 2 rings (SSSR count). The van der Waals surface area contributed by atoms with Crippen molar-refractivity contribution in [3.05, 3.63) is 39.0 Å². The quantitative estimate of drug-likeness (QED) is 0.892. The molecule has 100 valence electrons. The van der Waals surface area contributed by atoms with Gasteiger partial charge in [0.05, 0.1) is 0 Å². The maximum absolute atomic E-state index is 11.4. The predicted octanol–water partition coefficient (Wildman–Crippen LogP) is 4.41. The number of halogens is 2. The van der Waals surface area contributed by atoms with Crippen LogP contribution in [0.3, 0.4) is 0 Å². The minimum atomic E-state index is -1.04. The van der Waals surface area contributed by atoms with Gasteiger partial charge in [0.15, 0.2) is 5.76 Å². The van der Waals surface area contributed by atoms with E-state index < -0.39 is 5.97 Å². The number of carbonyl (C=O) groups is 1. The van der Waals surface area contributed by atoms with Gasteiger partial charge in [-0.1, -0.05) is 45.7 Å². The lowest BCUT2D eigenvalue weighted by atomic mass is 10.0. The average Bonchev–Trinajstić information content (AvgIpc) is 2.73. The maximum Gasteiger partial charge on any atom is 0.341 e. The van der Waals surface area contributed by atoms with Crippen LogP contribution < -0.4 is 0 Å². The van der Waals surface area contributed by atoms with Crippen LogP contribution in [0.2, 0.25) is 5.02 Å². The zero-order chi connectivity index (χ0) is 14.0. The number of hydrogen-bond acceptors (Lipinski definition) is 3. The summed E-state index contributed by atoms with van der Waals surface area (Å²) in [5.74, 6) is -0.645. The Bertz CT molecular complexity index is 624. The van der Waals surface area contributed by atoms with Gasteiger partial charge in [-0.3, -0.25) is 0 Å². The van der Waals surface area contributed by atoms with E-state index in [1.165, 1.54) is 0 Å². The van der Waals surface area contributed by atoms with E-state index in [-0.39, 0.29) is 5.56 Å². The van der Waals surface area contributed by atoms with Crippen molar-refractivity contribution in [1.29, 1.82) is 0 Å². The van der Waals surface area contributed by atoms with Crippen LogP contribution in [0.25, 0.3) is 11.3 Å². The van der Waals surface area contributed by atoms with Crippen LogP contribution in [0.15, 0.2) is 27.2 Å². The van der Waals surface area contributed by atoms with Crippen molar-refractivity contribution in [2.75, 3.05) is 0 Å². The lowest BCUT2D eigenvalue weighted by Gasteiger charge is -2.02. The summed E-state index contributed by atoms with van der Waals surface area (Å²) in [4.78, 5) is 11.4. The molecule has 2 aromatic rings. The normalized spacial score (nSPS) is 10.7. The number of carboxylic acids is 1. The van der Waals surface area contributed by atoms with E-state index in [1.807, 2.05) is 6.92 Å². The van der Waals surface area contributed by atoms with Gasteiger partial charge in [0.25, 0.3) is 0 Å². The van der Waals surface area contributed by atoms with Crippen LogP contribution in [0, 0.1) is 0 Å². The van der Waals surface area contributed by atoms with Crippen LogP contribution in [0.4, 0.5) is 0 Å². The first-order chi connectivity index (χ1) is 9.04. The largest absolute Gasteiger partial charge is 0.477 e.